The Bertz CT molecular complexity index is 485. The molecule has 0 aromatic rings. The molecule has 0 aromatic carbocycles. The molecule has 2 N–H and O–H groups in total. The highest BCUT2D eigenvalue weighted by atomic mass is 19.4. The van der Waals surface area contributed by atoms with Crippen molar-refractivity contribution in [2.75, 3.05) is 6.54 Å². The summed E-state index contributed by atoms with van der Waals surface area (Å²) in [6.07, 6.45) is -4.17. The first-order valence-electron chi connectivity index (χ1n) is 6.90. The van der Waals surface area contributed by atoms with Crippen LogP contribution in [0.15, 0.2) is 0 Å². The van der Waals surface area contributed by atoms with Crippen LogP contribution < -0.4 is 10.6 Å². The van der Waals surface area contributed by atoms with Crippen molar-refractivity contribution in [2.24, 2.45) is 5.41 Å². The van der Waals surface area contributed by atoms with Crippen molar-refractivity contribution in [1.29, 1.82) is 0 Å². The molecule has 22 heavy (non-hydrogen) atoms. The molecule has 0 radical (unpaired) electrons. The number of unbranched alkanes of at least 4 members (excludes halogenated alkanes) is 1. The fourth-order valence-electron chi connectivity index (χ4n) is 1.80. The van der Waals surface area contributed by atoms with E-state index in [9.17, 15) is 27.6 Å². The lowest BCUT2D eigenvalue weighted by atomic mass is 9.94. The van der Waals surface area contributed by atoms with Crippen LogP contribution in [0.2, 0.25) is 0 Å². The van der Waals surface area contributed by atoms with Gasteiger partial charge in [-0.05, 0) is 6.42 Å². The molecule has 4 amide bonds. The summed E-state index contributed by atoms with van der Waals surface area (Å²) in [5.74, 6) is -2.49. The molecule has 1 atom stereocenters. The summed E-state index contributed by atoms with van der Waals surface area (Å²) in [6, 6.07) is -1.16. The zero-order chi connectivity index (χ0) is 17.3. The number of urea groups is 1. The fourth-order valence-corrected chi connectivity index (χ4v) is 1.80. The van der Waals surface area contributed by atoms with Crippen LogP contribution in [0.3, 0.4) is 0 Å². The smallest absolute Gasteiger partial charge is 0.317 e. The first-order chi connectivity index (χ1) is 9.87. The summed E-state index contributed by atoms with van der Waals surface area (Å²) >= 11 is 0. The topological polar surface area (TPSA) is 78.5 Å². The summed E-state index contributed by atoms with van der Waals surface area (Å²) in [5, 5.41) is 3.27. The number of nitrogens with zero attached hydrogens (tertiary/aromatic N) is 1. The summed E-state index contributed by atoms with van der Waals surface area (Å²) in [4.78, 5) is 36.3. The van der Waals surface area contributed by atoms with Crippen molar-refractivity contribution in [3.63, 3.8) is 0 Å². The van der Waals surface area contributed by atoms with Crippen LogP contribution in [0.25, 0.3) is 0 Å². The minimum Gasteiger partial charge on any atom is -0.317 e. The van der Waals surface area contributed by atoms with Gasteiger partial charge in [0.1, 0.15) is 0 Å². The Labute approximate surface area is 126 Å². The van der Waals surface area contributed by atoms with Gasteiger partial charge in [0, 0.05) is 12.0 Å². The third-order valence-electron chi connectivity index (χ3n) is 3.25. The van der Waals surface area contributed by atoms with Crippen molar-refractivity contribution in [2.45, 2.75) is 52.4 Å². The minimum atomic E-state index is -5.15. The minimum absolute atomic E-state index is 0.135. The number of amides is 4. The Morgan fingerprint density at radius 2 is 1.82 bits per heavy atom. The molecule has 1 aliphatic rings. The molecule has 0 spiro atoms. The lowest BCUT2D eigenvalue weighted by Gasteiger charge is -2.32. The van der Waals surface area contributed by atoms with Crippen LogP contribution in [0.4, 0.5) is 18.0 Å². The van der Waals surface area contributed by atoms with Crippen molar-refractivity contribution in [1.82, 2.24) is 15.5 Å². The first-order valence-corrected chi connectivity index (χ1v) is 6.90. The summed E-state index contributed by atoms with van der Waals surface area (Å²) < 4.78 is 40.2. The maximum atomic E-state index is 13.4. The molecule has 126 valence electrons. The van der Waals surface area contributed by atoms with E-state index in [0.717, 1.165) is 0 Å². The van der Waals surface area contributed by atoms with Gasteiger partial charge >= 0.3 is 12.2 Å². The van der Waals surface area contributed by atoms with Gasteiger partial charge < -0.3 is 5.32 Å². The number of carbonyl (C=O) groups is 3. The Kier molecular flexibility index (Phi) is 4.79. The number of hydrogen-bond acceptors (Lipinski definition) is 3. The van der Waals surface area contributed by atoms with Gasteiger partial charge in [0.05, 0.1) is 0 Å². The standard InChI is InChI=1S/C13H20F3N3O3/c1-5-6-7-19-9(21)12(13(14,15)16,18-10(19)22)17-8(20)11(2,3)4/h5-7H2,1-4H3,(H,17,20)(H,18,22)/t12-/m1/s1. The summed E-state index contributed by atoms with van der Waals surface area (Å²) in [7, 11) is 0. The van der Waals surface area contributed by atoms with Crippen LogP contribution >= 0.6 is 0 Å². The quantitative estimate of drug-likeness (QED) is 0.774. The molecule has 9 heteroatoms. The van der Waals surface area contributed by atoms with Crippen molar-refractivity contribution < 1.29 is 27.6 Å². The van der Waals surface area contributed by atoms with Crippen molar-refractivity contribution in [3.05, 3.63) is 0 Å². The van der Waals surface area contributed by atoms with Gasteiger partial charge in [0.2, 0.25) is 5.91 Å². The van der Waals surface area contributed by atoms with E-state index in [4.69, 9.17) is 0 Å². The first kappa shape index (κ1) is 18.2. The zero-order valence-electron chi connectivity index (χ0n) is 12.9. The van der Waals surface area contributed by atoms with Gasteiger partial charge in [-0.15, -0.1) is 0 Å². The van der Waals surface area contributed by atoms with Crippen molar-refractivity contribution in [3.8, 4) is 0 Å². The Morgan fingerprint density at radius 1 is 1.27 bits per heavy atom. The lowest BCUT2D eigenvalue weighted by molar-refractivity contribution is -0.205. The number of halogens is 3. The average Bonchev–Trinajstić information content (AvgIpc) is 2.58. The molecule has 1 heterocycles. The maximum Gasteiger partial charge on any atom is 0.440 e. The molecule has 0 aromatic heterocycles. The number of alkyl halides is 3. The number of rotatable bonds is 4. The van der Waals surface area contributed by atoms with E-state index in [1.165, 1.54) is 20.8 Å². The molecule has 1 fully saturated rings. The van der Waals surface area contributed by atoms with Crippen LogP contribution in [0.1, 0.15) is 40.5 Å². The second kappa shape index (κ2) is 5.77. The Hall–Kier alpha value is -1.80. The highest BCUT2D eigenvalue weighted by Crippen LogP contribution is 2.34. The maximum absolute atomic E-state index is 13.4. The Morgan fingerprint density at radius 3 is 2.23 bits per heavy atom. The molecule has 1 rings (SSSR count). The number of carbonyl (C=O) groups excluding carboxylic acids is 3. The molecule has 0 bridgehead atoms. The third kappa shape index (κ3) is 3.17. The van der Waals surface area contributed by atoms with E-state index in [0.29, 0.717) is 17.7 Å². The van der Waals surface area contributed by atoms with Crippen LogP contribution in [-0.4, -0.2) is 41.1 Å². The zero-order valence-corrected chi connectivity index (χ0v) is 12.9. The monoisotopic (exact) mass is 323 g/mol. The van der Waals surface area contributed by atoms with Crippen LogP contribution in [-0.2, 0) is 9.59 Å². The molecule has 0 aliphatic carbocycles. The predicted molar refractivity (Wildman–Crippen MR) is 71.5 cm³/mol. The van der Waals surface area contributed by atoms with E-state index in [1.54, 1.807) is 17.6 Å². The van der Waals surface area contributed by atoms with Gasteiger partial charge in [0.15, 0.2) is 0 Å². The molecular weight excluding hydrogens is 303 g/mol. The molecular formula is C13H20F3N3O3. The van der Waals surface area contributed by atoms with Gasteiger partial charge in [-0.25, -0.2) is 4.79 Å². The second-order valence-corrected chi connectivity index (χ2v) is 6.19. The van der Waals surface area contributed by atoms with Gasteiger partial charge in [0.25, 0.3) is 11.6 Å². The van der Waals surface area contributed by atoms with Crippen molar-refractivity contribution >= 4 is 17.8 Å². The summed E-state index contributed by atoms with van der Waals surface area (Å²) in [5.41, 5.74) is -4.55. The van der Waals surface area contributed by atoms with E-state index in [-0.39, 0.29) is 6.54 Å². The van der Waals surface area contributed by atoms with Gasteiger partial charge in [-0.1, -0.05) is 34.1 Å². The molecule has 6 nitrogen and oxygen atoms in total. The SMILES string of the molecule is CCCCN1C(=O)N[C@@](NC(=O)C(C)(C)C)(C(F)(F)F)C1=O. The predicted octanol–water partition coefficient (Wildman–Crippen LogP) is 1.76. The van der Waals surface area contributed by atoms with Crippen LogP contribution in [0.5, 0.6) is 0 Å². The van der Waals surface area contributed by atoms with Crippen LogP contribution in [0, 0.1) is 5.41 Å². The third-order valence-corrected chi connectivity index (χ3v) is 3.25. The largest absolute Gasteiger partial charge is 0.440 e. The highest BCUT2D eigenvalue weighted by molar-refractivity contribution is 6.09. The fraction of sp³-hybridized carbons (Fsp3) is 0.769. The highest BCUT2D eigenvalue weighted by Gasteiger charge is 2.69. The molecule has 0 saturated carbocycles. The molecule has 0 unspecified atom stereocenters. The normalized spacial score (nSPS) is 22.8. The average molecular weight is 323 g/mol. The molecule has 1 aliphatic heterocycles. The van der Waals surface area contributed by atoms with Gasteiger partial charge in [-0.3, -0.25) is 19.8 Å². The number of imide groups is 1. The second-order valence-electron chi connectivity index (χ2n) is 6.19. The Balaban J connectivity index is 3.18. The van der Waals surface area contributed by atoms with E-state index >= 15 is 0 Å². The van der Waals surface area contributed by atoms with E-state index < -0.39 is 35.1 Å². The van der Waals surface area contributed by atoms with E-state index in [2.05, 4.69) is 0 Å². The lowest BCUT2D eigenvalue weighted by Crippen LogP contribution is -2.70. The molecule has 1 saturated heterocycles. The number of nitrogens with one attached hydrogen (secondary N) is 2. The summed E-state index contributed by atoms with van der Waals surface area (Å²) in [6.45, 7) is 5.86. The number of hydrogen-bond donors (Lipinski definition) is 2. The van der Waals surface area contributed by atoms with Gasteiger partial charge in [-0.2, -0.15) is 13.2 Å². The van der Waals surface area contributed by atoms with E-state index in [1.807, 2.05) is 0 Å².